The van der Waals surface area contributed by atoms with E-state index < -0.39 is 11.5 Å². The number of fused-ring (bicyclic) bond motifs is 1. The molecular weight excluding hydrogens is 335 g/mol. The molecule has 0 bridgehead atoms. The lowest BCUT2D eigenvalue weighted by atomic mass is 10.1. The molecule has 1 aromatic carbocycles. The number of rotatable bonds is 5. The average molecular weight is 354 g/mol. The summed E-state index contributed by atoms with van der Waals surface area (Å²) in [5.74, 6) is -0.846. The van der Waals surface area contributed by atoms with E-state index in [4.69, 9.17) is 0 Å². The molecule has 6 nitrogen and oxygen atoms in total. The zero-order chi connectivity index (χ0) is 18.7. The lowest BCUT2D eigenvalue weighted by Gasteiger charge is -2.25. The highest BCUT2D eigenvalue weighted by Gasteiger charge is 2.18. The summed E-state index contributed by atoms with van der Waals surface area (Å²) >= 11 is 0. The van der Waals surface area contributed by atoms with Gasteiger partial charge in [-0.2, -0.15) is 0 Å². The van der Waals surface area contributed by atoms with Crippen molar-refractivity contribution in [2.24, 2.45) is 0 Å². The number of halogens is 1. The summed E-state index contributed by atoms with van der Waals surface area (Å²) in [7, 11) is 3.68. The van der Waals surface area contributed by atoms with Crippen molar-refractivity contribution >= 4 is 11.6 Å². The number of carbonyl (C=O) groups is 1. The number of carbonyl (C=O) groups excluding carboxylic acids is 1. The number of hydrogen-bond donors (Lipinski definition) is 1. The first-order valence-corrected chi connectivity index (χ1v) is 8.14. The standard InChI is InChI=1S/C19H19FN4O2/c1-23(2)16(13-6-5-7-14(20)10-13)12-22-18(25)15-11-21-17-8-3-4-9-24(17)19(15)26/h3-11,16H,12H2,1-2H3,(H,22,25). The second kappa shape index (κ2) is 7.45. The maximum Gasteiger partial charge on any atom is 0.270 e. The van der Waals surface area contributed by atoms with E-state index in [2.05, 4.69) is 10.3 Å². The number of likely N-dealkylation sites (N-methyl/N-ethyl adjacent to an activating group) is 1. The van der Waals surface area contributed by atoms with Crippen molar-refractivity contribution in [3.8, 4) is 0 Å². The summed E-state index contributed by atoms with van der Waals surface area (Å²) in [6.45, 7) is 0.228. The maximum atomic E-state index is 13.5. The summed E-state index contributed by atoms with van der Waals surface area (Å²) in [6, 6.07) is 11.2. The monoisotopic (exact) mass is 354 g/mol. The van der Waals surface area contributed by atoms with Gasteiger partial charge in [0.05, 0.1) is 6.04 Å². The molecule has 2 heterocycles. The van der Waals surface area contributed by atoms with Crippen LogP contribution in [0.1, 0.15) is 22.0 Å². The Bertz CT molecular complexity index is 1000. The number of hydrogen-bond acceptors (Lipinski definition) is 4. The van der Waals surface area contributed by atoms with Crippen LogP contribution in [0.2, 0.25) is 0 Å². The van der Waals surface area contributed by atoms with Gasteiger partial charge in [-0.15, -0.1) is 0 Å². The summed E-state index contributed by atoms with van der Waals surface area (Å²) in [6.07, 6.45) is 2.84. The van der Waals surface area contributed by atoms with Gasteiger partial charge in [0.1, 0.15) is 17.0 Å². The second-order valence-electron chi connectivity index (χ2n) is 6.15. The van der Waals surface area contributed by atoms with Crippen LogP contribution in [0.25, 0.3) is 5.65 Å². The van der Waals surface area contributed by atoms with E-state index in [0.29, 0.717) is 5.65 Å². The summed E-state index contributed by atoms with van der Waals surface area (Å²) < 4.78 is 14.8. The predicted octanol–water partition coefficient (Wildman–Crippen LogP) is 1.87. The van der Waals surface area contributed by atoms with Crippen LogP contribution in [-0.4, -0.2) is 40.8 Å². The van der Waals surface area contributed by atoms with Crippen LogP contribution in [0, 0.1) is 5.82 Å². The Labute approximate surface area is 149 Å². The fourth-order valence-corrected chi connectivity index (χ4v) is 2.78. The van der Waals surface area contributed by atoms with Crippen LogP contribution >= 0.6 is 0 Å². The van der Waals surface area contributed by atoms with Crippen LogP contribution in [0.5, 0.6) is 0 Å². The molecule has 2 aromatic heterocycles. The van der Waals surface area contributed by atoms with Gasteiger partial charge in [-0.05, 0) is 43.9 Å². The first kappa shape index (κ1) is 17.8. The van der Waals surface area contributed by atoms with Gasteiger partial charge in [-0.1, -0.05) is 18.2 Å². The third kappa shape index (κ3) is 3.62. The molecular formula is C19H19FN4O2. The van der Waals surface area contributed by atoms with Crippen LogP contribution in [0.3, 0.4) is 0 Å². The SMILES string of the molecule is CN(C)C(CNC(=O)c1cnc2ccccn2c1=O)c1cccc(F)c1. The van der Waals surface area contributed by atoms with E-state index in [-0.39, 0.29) is 24.0 Å². The summed E-state index contributed by atoms with van der Waals surface area (Å²) in [5, 5.41) is 2.75. The second-order valence-corrected chi connectivity index (χ2v) is 6.15. The van der Waals surface area contributed by atoms with Crippen molar-refractivity contribution in [2.45, 2.75) is 6.04 Å². The maximum absolute atomic E-state index is 13.5. The van der Waals surface area contributed by atoms with Crippen molar-refractivity contribution in [3.05, 3.63) is 82.2 Å². The van der Waals surface area contributed by atoms with Crippen molar-refractivity contribution in [1.29, 1.82) is 0 Å². The summed E-state index contributed by atoms with van der Waals surface area (Å²) in [5.41, 5.74) is 0.745. The predicted molar refractivity (Wildman–Crippen MR) is 96.6 cm³/mol. The highest BCUT2D eigenvalue weighted by atomic mass is 19.1. The molecule has 0 fully saturated rings. The normalized spacial score (nSPS) is 12.3. The Balaban J connectivity index is 1.81. The molecule has 3 rings (SSSR count). The number of pyridine rings is 1. The van der Waals surface area contributed by atoms with Crippen molar-refractivity contribution in [2.75, 3.05) is 20.6 Å². The number of amides is 1. The van der Waals surface area contributed by atoms with Crippen LogP contribution in [0.15, 0.2) is 59.7 Å². The lowest BCUT2D eigenvalue weighted by Crippen LogP contribution is -2.37. The molecule has 134 valence electrons. The quantitative estimate of drug-likeness (QED) is 0.760. The molecule has 1 atom stereocenters. The average Bonchev–Trinajstić information content (AvgIpc) is 2.62. The van der Waals surface area contributed by atoms with E-state index in [1.165, 1.54) is 22.7 Å². The van der Waals surface area contributed by atoms with Crippen molar-refractivity contribution in [1.82, 2.24) is 19.6 Å². The Morgan fingerprint density at radius 3 is 2.81 bits per heavy atom. The molecule has 3 aromatic rings. The topological polar surface area (TPSA) is 66.7 Å². The summed E-state index contributed by atoms with van der Waals surface area (Å²) in [4.78, 5) is 31.0. The zero-order valence-corrected chi connectivity index (χ0v) is 14.5. The molecule has 0 spiro atoms. The first-order valence-electron chi connectivity index (χ1n) is 8.14. The Kier molecular flexibility index (Phi) is 5.09. The van der Waals surface area contributed by atoms with Gasteiger partial charge in [0.2, 0.25) is 0 Å². The third-order valence-corrected chi connectivity index (χ3v) is 4.17. The Hall–Kier alpha value is -3.06. The fourth-order valence-electron chi connectivity index (χ4n) is 2.78. The fraction of sp³-hybridized carbons (Fsp3) is 0.211. The highest BCUT2D eigenvalue weighted by molar-refractivity contribution is 5.93. The highest BCUT2D eigenvalue weighted by Crippen LogP contribution is 2.18. The largest absolute Gasteiger partial charge is 0.350 e. The van der Waals surface area contributed by atoms with Gasteiger partial charge >= 0.3 is 0 Å². The molecule has 1 amide bonds. The number of aromatic nitrogens is 2. The smallest absolute Gasteiger partial charge is 0.270 e. The van der Waals surface area contributed by atoms with Crippen molar-refractivity contribution < 1.29 is 9.18 Å². The minimum absolute atomic E-state index is 0.0366. The van der Waals surface area contributed by atoms with Gasteiger partial charge in [-0.25, -0.2) is 9.37 Å². The van der Waals surface area contributed by atoms with E-state index >= 15 is 0 Å². The number of nitrogens with one attached hydrogen (secondary N) is 1. The van der Waals surface area contributed by atoms with Crippen molar-refractivity contribution in [3.63, 3.8) is 0 Å². The Morgan fingerprint density at radius 2 is 2.08 bits per heavy atom. The van der Waals surface area contributed by atoms with E-state index in [1.54, 1.807) is 36.5 Å². The lowest BCUT2D eigenvalue weighted by molar-refractivity contribution is 0.0940. The molecule has 0 aliphatic carbocycles. The molecule has 0 saturated carbocycles. The molecule has 0 aliphatic heterocycles. The van der Waals surface area contributed by atoms with Gasteiger partial charge in [0, 0.05) is 18.9 Å². The van der Waals surface area contributed by atoms with Gasteiger partial charge in [-0.3, -0.25) is 14.0 Å². The zero-order valence-electron chi connectivity index (χ0n) is 14.5. The van der Waals surface area contributed by atoms with E-state index in [1.807, 2.05) is 19.0 Å². The molecule has 7 heteroatoms. The van der Waals surface area contributed by atoms with E-state index in [0.717, 1.165) is 5.56 Å². The molecule has 1 unspecified atom stereocenters. The molecule has 0 aliphatic rings. The number of benzene rings is 1. The molecule has 0 radical (unpaired) electrons. The van der Waals surface area contributed by atoms with Gasteiger partial charge < -0.3 is 10.2 Å². The minimum Gasteiger partial charge on any atom is -0.350 e. The van der Waals surface area contributed by atoms with Crippen LogP contribution in [0.4, 0.5) is 4.39 Å². The van der Waals surface area contributed by atoms with Crippen LogP contribution < -0.4 is 10.9 Å². The van der Waals surface area contributed by atoms with Crippen LogP contribution in [-0.2, 0) is 0 Å². The van der Waals surface area contributed by atoms with Gasteiger partial charge in [0.25, 0.3) is 11.5 Å². The molecule has 26 heavy (non-hydrogen) atoms. The Morgan fingerprint density at radius 1 is 1.27 bits per heavy atom. The minimum atomic E-state index is -0.510. The third-order valence-electron chi connectivity index (χ3n) is 4.17. The molecule has 0 saturated heterocycles. The first-order chi connectivity index (χ1) is 12.5. The molecule has 1 N–H and O–H groups in total. The van der Waals surface area contributed by atoms with E-state index in [9.17, 15) is 14.0 Å². The number of nitrogens with zero attached hydrogens (tertiary/aromatic N) is 3. The van der Waals surface area contributed by atoms with Gasteiger partial charge in [0.15, 0.2) is 0 Å².